The van der Waals surface area contributed by atoms with E-state index in [2.05, 4.69) is 49.2 Å². The van der Waals surface area contributed by atoms with Crippen molar-refractivity contribution < 1.29 is 9.18 Å². The number of rotatable bonds is 5. The van der Waals surface area contributed by atoms with Crippen molar-refractivity contribution in [1.82, 2.24) is 10.2 Å². The zero-order valence-corrected chi connectivity index (χ0v) is 16.5. The van der Waals surface area contributed by atoms with Gasteiger partial charge in [-0.15, -0.1) is 0 Å². The van der Waals surface area contributed by atoms with Gasteiger partial charge in [0.15, 0.2) is 0 Å². The van der Waals surface area contributed by atoms with Crippen LogP contribution in [0.5, 0.6) is 0 Å². The zero-order valence-electron chi connectivity index (χ0n) is 16.5. The van der Waals surface area contributed by atoms with Crippen LogP contribution in [-0.4, -0.2) is 23.9 Å². The van der Waals surface area contributed by atoms with E-state index in [1.165, 1.54) is 28.8 Å². The molecule has 27 heavy (non-hydrogen) atoms. The van der Waals surface area contributed by atoms with Gasteiger partial charge < -0.3 is 5.32 Å². The standard InChI is InChI=1S/C23H29FN2O/c1-16-6-7-17(2)22(13-16)18(3)25-23(27)20-5-4-12-26(15-20)14-19-8-10-21(24)11-9-19/h6-11,13,18,20H,4-5,12,14-15H2,1-3H3,(H,25,27)/t18-,20-/m1/s1. The van der Waals surface area contributed by atoms with Crippen LogP contribution in [0.25, 0.3) is 0 Å². The third kappa shape index (κ3) is 5.16. The second-order valence-electron chi connectivity index (χ2n) is 7.79. The Labute approximate surface area is 161 Å². The minimum absolute atomic E-state index is 0.00451. The Bertz CT molecular complexity index is 787. The van der Waals surface area contributed by atoms with Crippen LogP contribution in [0.4, 0.5) is 4.39 Å². The Kier molecular flexibility index (Phi) is 6.27. The summed E-state index contributed by atoms with van der Waals surface area (Å²) in [6.45, 7) is 8.71. The second kappa shape index (κ2) is 8.66. The molecule has 1 aliphatic rings. The number of benzene rings is 2. The normalized spacial score (nSPS) is 18.9. The summed E-state index contributed by atoms with van der Waals surface area (Å²) in [6.07, 6.45) is 1.93. The molecule has 3 nitrogen and oxygen atoms in total. The Hall–Kier alpha value is -2.20. The van der Waals surface area contributed by atoms with Crippen LogP contribution in [0, 0.1) is 25.6 Å². The summed E-state index contributed by atoms with van der Waals surface area (Å²) in [4.78, 5) is 15.1. The van der Waals surface area contributed by atoms with Gasteiger partial charge in [-0.2, -0.15) is 0 Å². The predicted molar refractivity (Wildman–Crippen MR) is 107 cm³/mol. The van der Waals surface area contributed by atoms with Gasteiger partial charge in [0.2, 0.25) is 5.91 Å². The molecule has 0 bridgehead atoms. The summed E-state index contributed by atoms with van der Waals surface area (Å²) in [5.74, 6) is -0.0749. The fraction of sp³-hybridized carbons (Fsp3) is 0.435. The lowest BCUT2D eigenvalue weighted by Crippen LogP contribution is -2.43. The summed E-state index contributed by atoms with van der Waals surface area (Å²) in [5, 5.41) is 3.21. The monoisotopic (exact) mass is 368 g/mol. The van der Waals surface area contributed by atoms with Crippen LogP contribution in [0.2, 0.25) is 0 Å². The fourth-order valence-corrected chi connectivity index (χ4v) is 3.90. The molecule has 1 saturated heterocycles. The molecule has 3 rings (SSSR count). The quantitative estimate of drug-likeness (QED) is 0.841. The highest BCUT2D eigenvalue weighted by Gasteiger charge is 2.27. The average molecular weight is 368 g/mol. The van der Waals surface area contributed by atoms with E-state index in [0.29, 0.717) is 0 Å². The first-order chi connectivity index (χ1) is 12.9. The van der Waals surface area contributed by atoms with Crippen LogP contribution in [0.15, 0.2) is 42.5 Å². The first-order valence-electron chi connectivity index (χ1n) is 9.76. The highest BCUT2D eigenvalue weighted by atomic mass is 19.1. The van der Waals surface area contributed by atoms with E-state index < -0.39 is 0 Å². The van der Waals surface area contributed by atoms with Gasteiger partial charge in [0.05, 0.1) is 12.0 Å². The average Bonchev–Trinajstić information content (AvgIpc) is 2.65. The molecule has 1 aliphatic heterocycles. The van der Waals surface area contributed by atoms with Crippen LogP contribution in [-0.2, 0) is 11.3 Å². The molecule has 1 heterocycles. The van der Waals surface area contributed by atoms with Crippen molar-refractivity contribution in [2.24, 2.45) is 5.92 Å². The van der Waals surface area contributed by atoms with Crippen molar-refractivity contribution in [3.05, 3.63) is 70.5 Å². The molecule has 2 atom stereocenters. The van der Waals surface area contributed by atoms with Crippen LogP contribution < -0.4 is 5.32 Å². The number of amides is 1. The van der Waals surface area contributed by atoms with E-state index in [1.807, 2.05) is 12.1 Å². The Balaban J connectivity index is 1.59. The number of nitrogens with one attached hydrogen (secondary N) is 1. The number of likely N-dealkylation sites (tertiary alicyclic amines) is 1. The number of nitrogens with zero attached hydrogens (tertiary/aromatic N) is 1. The highest BCUT2D eigenvalue weighted by molar-refractivity contribution is 5.79. The van der Waals surface area contributed by atoms with Crippen molar-refractivity contribution in [2.45, 2.75) is 46.2 Å². The van der Waals surface area contributed by atoms with Gasteiger partial charge >= 0.3 is 0 Å². The van der Waals surface area contributed by atoms with Crippen molar-refractivity contribution in [1.29, 1.82) is 0 Å². The Morgan fingerprint density at radius 3 is 2.70 bits per heavy atom. The molecule has 0 saturated carbocycles. The molecule has 2 aromatic rings. The third-order valence-corrected chi connectivity index (χ3v) is 5.46. The summed E-state index contributed by atoms with van der Waals surface area (Å²) >= 11 is 0. The number of hydrogen-bond donors (Lipinski definition) is 1. The molecule has 0 radical (unpaired) electrons. The maximum atomic E-state index is 13.1. The van der Waals surface area contributed by atoms with Gasteiger partial charge in [-0.25, -0.2) is 4.39 Å². The van der Waals surface area contributed by atoms with Gasteiger partial charge in [0, 0.05) is 13.1 Å². The molecule has 2 aromatic carbocycles. The molecule has 1 amide bonds. The van der Waals surface area contributed by atoms with E-state index in [0.717, 1.165) is 38.0 Å². The van der Waals surface area contributed by atoms with Gasteiger partial charge in [0.25, 0.3) is 0 Å². The summed E-state index contributed by atoms with van der Waals surface area (Å²) < 4.78 is 13.1. The molecule has 0 spiro atoms. The van der Waals surface area contributed by atoms with Crippen molar-refractivity contribution >= 4 is 5.91 Å². The number of halogens is 1. The van der Waals surface area contributed by atoms with Gasteiger partial charge in [-0.1, -0.05) is 35.9 Å². The van der Waals surface area contributed by atoms with Crippen LogP contribution in [0.3, 0.4) is 0 Å². The lowest BCUT2D eigenvalue weighted by atomic mass is 9.95. The molecule has 0 aliphatic carbocycles. The zero-order chi connectivity index (χ0) is 19.4. The van der Waals surface area contributed by atoms with Crippen molar-refractivity contribution in [2.75, 3.05) is 13.1 Å². The molecular weight excluding hydrogens is 339 g/mol. The van der Waals surface area contributed by atoms with Gasteiger partial charge in [-0.3, -0.25) is 9.69 Å². The number of aryl methyl sites for hydroxylation is 2. The van der Waals surface area contributed by atoms with Gasteiger partial charge in [-0.05, 0) is 69.0 Å². The SMILES string of the molecule is Cc1ccc(C)c([C@@H](C)NC(=O)[C@@H]2CCCN(Cc3ccc(F)cc3)C2)c1. The molecule has 144 valence electrons. The first-order valence-corrected chi connectivity index (χ1v) is 9.76. The minimum Gasteiger partial charge on any atom is -0.349 e. The largest absolute Gasteiger partial charge is 0.349 e. The topological polar surface area (TPSA) is 32.3 Å². The van der Waals surface area contributed by atoms with Crippen molar-refractivity contribution in [3.63, 3.8) is 0 Å². The highest BCUT2D eigenvalue weighted by Crippen LogP contribution is 2.22. The molecule has 0 unspecified atom stereocenters. The first kappa shape index (κ1) is 19.6. The lowest BCUT2D eigenvalue weighted by Gasteiger charge is -2.32. The molecule has 4 heteroatoms. The molecule has 1 fully saturated rings. The maximum Gasteiger partial charge on any atom is 0.224 e. The van der Waals surface area contributed by atoms with E-state index in [1.54, 1.807) is 0 Å². The fourth-order valence-electron chi connectivity index (χ4n) is 3.90. The summed E-state index contributed by atoms with van der Waals surface area (Å²) in [6, 6.07) is 13.0. The smallest absolute Gasteiger partial charge is 0.224 e. The van der Waals surface area contributed by atoms with Crippen LogP contribution in [0.1, 0.15) is 48.1 Å². The van der Waals surface area contributed by atoms with Crippen LogP contribution >= 0.6 is 0 Å². The number of hydrogen-bond acceptors (Lipinski definition) is 2. The second-order valence-corrected chi connectivity index (χ2v) is 7.79. The van der Waals surface area contributed by atoms with E-state index >= 15 is 0 Å². The van der Waals surface area contributed by atoms with Gasteiger partial charge in [0.1, 0.15) is 5.82 Å². The number of piperidine rings is 1. The molecular formula is C23H29FN2O. The van der Waals surface area contributed by atoms with Crippen molar-refractivity contribution in [3.8, 4) is 0 Å². The third-order valence-electron chi connectivity index (χ3n) is 5.46. The number of carbonyl (C=O) groups is 1. The van der Waals surface area contributed by atoms with E-state index in [-0.39, 0.29) is 23.7 Å². The minimum atomic E-state index is -0.213. The summed E-state index contributed by atoms with van der Waals surface area (Å²) in [5.41, 5.74) is 4.68. The molecule has 1 N–H and O–H groups in total. The lowest BCUT2D eigenvalue weighted by molar-refractivity contribution is -0.127. The number of carbonyl (C=O) groups excluding carboxylic acids is 1. The molecule has 0 aromatic heterocycles. The van der Waals surface area contributed by atoms with E-state index in [4.69, 9.17) is 0 Å². The summed E-state index contributed by atoms with van der Waals surface area (Å²) in [7, 11) is 0. The maximum absolute atomic E-state index is 13.1. The Morgan fingerprint density at radius 1 is 1.22 bits per heavy atom. The predicted octanol–water partition coefficient (Wildman–Crippen LogP) is 4.53. The Morgan fingerprint density at radius 2 is 1.96 bits per heavy atom. The van der Waals surface area contributed by atoms with E-state index in [9.17, 15) is 9.18 Å².